The van der Waals surface area contributed by atoms with Crippen LogP contribution in [0.2, 0.25) is 0 Å². The number of aromatic nitrogens is 1. The molecule has 1 aromatic carbocycles. The van der Waals surface area contributed by atoms with Gasteiger partial charge in [0.1, 0.15) is 6.61 Å². The monoisotopic (exact) mass is 243 g/mol. The molecular weight excluding hydrogens is 226 g/mol. The van der Waals surface area contributed by atoms with E-state index in [4.69, 9.17) is 4.74 Å². The van der Waals surface area contributed by atoms with Crippen LogP contribution < -0.4 is 0 Å². The van der Waals surface area contributed by atoms with Gasteiger partial charge in [0.05, 0.1) is 12.1 Å². The van der Waals surface area contributed by atoms with Crippen LogP contribution in [0.5, 0.6) is 0 Å². The molecular formula is C15H17NO2. The minimum absolute atomic E-state index is 0.266. The maximum Gasteiger partial charge on any atom is 0.338 e. The SMILES string of the molecule is Cc1ccc(C)n1CCOC(=O)c1ccccc1. The van der Waals surface area contributed by atoms with Gasteiger partial charge >= 0.3 is 5.97 Å². The van der Waals surface area contributed by atoms with Crippen LogP contribution in [0, 0.1) is 13.8 Å². The van der Waals surface area contributed by atoms with E-state index >= 15 is 0 Å². The Morgan fingerprint density at radius 3 is 2.28 bits per heavy atom. The Morgan fingerprint density at radius 2 is 1.67 bits per heavy atom. The first-order valence-electron chi connectivity index (χ1n) is 6.03. The smallest absolute Gasteiger partial charge is 0.338 e. The molecule has 0 spiro atoms. The van der Waals surface area contributed by atoms with E-state index in [0.717, 1.165) is 0 Å². The lowest BCUT2D eigenvalue weighted by Crippen LogP contribution is -2.13. The van der Waals surface area contributed by atoms with Crippen molar-refractivity contribution < 1.29 is 9.53 Å². The van der Waals surface area contributed by atoms with Crippen molar-refractivity contribution in [2.45, 2.75) is 20.4 Å². The minimum atomic E-state index is -0.266. The zero-order chi connectivity index (χ0) is 13.0. The van der Waals surface area contributed by atoms with E-state index in [1.54, 1.807) is 12.1 Å². The minimum Gasteiger partial charge on any atom is -0.460 e. The average molecular weight is 243 g/mol. The predicted octanol–water partition coefficient (Wildman–Crippen LogP) is 2.96. The van der Waals surface area contributed by atoms with Gasteiger partial charge in [0, 0.05) is 11.4 Å². The van der Waals surface area contributed by atoms with Crippen molar-refractivity contribution in [2.24, 2.45) is 0 Å². The molecule has 18 heavy (non-hydrogen) atoms. The van der Waals surface area contributed by atoms with Crippen LogP contribution in [0.4, 0.5) is 0 Å². The molecule has 0 bridgehead atoms. The van der Waals surface area contributed by atoms with Gasteiger partial charge in [0.2, 0.25) is 0 Å². The largest absolute Gasteiger partial charge is 0.460 e. The highest BCUT2D eigenvalue weighted by atomic mass is 16.5. The molecule has 0 aliphatic rings. The highest BCUT2D eigenvalue weighted by Gasteiger charge is 2.06. The Bertz CT molecular complexity index is 509. The van der Waals surface area contributed by atoms with Crippen molar-refractivity contribution in [1.29, 1.82) is 0 Å². The van der Waals surface area contributed by atoms with E-state index in [0.29, 0.717) is 18.7 Å². The maximum atomic E-state index is 11.7. The van der Waals surface area contributed by atoms with Crippen LogP contribution in [0.1, 0.15) is 21.7 Å². The number of carbonyl (C=O) groups is 1. The standard InChI is InChI=1S/C15H17NO2/c1-12-8-9-13(2)16(12)10-11-18-15(17)14-6-4-3-5-7-14/h3-9H,10-11H2,1-2H3. The zero-order valence-electron chi connectivity index (χ0n) is 10.7. The summed E-state index contributed by atoms with van der Waals surface area (Å²) in [4.78, 5) is 11.7. The fraction of sp³-hybridized carbons (Fsp3) is 0.267. The molecule has 0 fully saturated rings. The fourth-order valence-corrected chi connectivity index (χ4v) is 1.94. The van der Waals surface area contributed by atoms with Crippen LogP contribution in [-0.4, -0.2) is 17.1 Å². The molecule has 94 valence electrons. The normalized spacial score (nSPS) is 10.3. The number of ether oxygens (including phenoxy) is 1. The summed E-state index contributed by atoms with van der Waals surface area (Å²) in [5.41, 5.74) is 2.96. The molecule has 0 aliphatic carbocycles. The van der Waals surface area contributed by atoms with Crippen molar-refractivity contribution in [3.8, 4) is 0 Å². The summed E-state index contributed by atoms with van der Waals surface area (Å²) in [5, 5.41) is 0. The van der Waals surface area contributed by atoms with Gasteiger partial charge in [-0.2, -0.15) is 0 Å². The van der Waals surface area contributed by atoms with E-state index in [2.05, 4.69) is 16.7 Å². The molecule has 1 aromatic heterocycles. The third-order valence-electron chi connectivity index (χ3n) is 2.97. The second-order valence-corrected chi connectivity index (χ2v) is 4.27. The molecule has 3 nitrogen and oxygen atoms in total. The first-order chi connectivity index (χ1) is 8.68. The van der Waals surface area contributed by atoms with Gasteiger partial charge in [-0.15, -0.1) is 0 Å². The molecule has 2 rings (SSSR count). The van der Waals surface area contributed by atoms with Crippen molar-refractivity contribution in [2.75, 3.05) is 6.61 Å². The summed E-state index contributed by atoms with van der Waals surface area (Å²) >= 11 is 0. The van der Waals surface area contributed by atoms with E-state index in [1.165, 1.54) is 11.4 Å². The van der Waals surface area contributed by atoms with Gasteiger partial charge in [-0.05, 0) is 38.1 Å². The Morgan fingerprint density at radius 1 is 1.06 bits per heavy atom. The summed E-state index contributed by atoms with van der Waals surface area (Å²) in [6.07, 6.45) is 0. The summed E-state index contributed by atoms with van der Waals surface area (Å²) < 4.78 is 7.39. The molecule has 2 aromatic rings. The van der Waals surface area contributed by atoms with Gasteiger partial charge in [-0.25, -0.2) is 4.79 Å². The Hall–Kier alpha value is -2.03. The van der Waals surface area contributed by atoms with Crippen LogP contribution in [0.25, 0.3) is 0 Å². The summed E-state index contributed by atoms with van der Waals surface area (Å²) in [7, 11) is 0. The Kier molecular flexibility index (Phi) is 3.82. The first-order valence-corrected chi connectivity index (χ1v) is 6.03. The predicted molar refractivity (Wildman–Crippen MR) is 70.6 cm³/mol. The van der Waals surface area contributed by atoms with Gasteiger partial charge in [0.25, 0.3) is 0 Å². The highest BCUT2D eigenvalue weighted by Crippen LogP contribution is 2.07. The first kappa shape index (κ1) is 12.4. The second kappa shape index (κ2) is 5.54. The van der Waals surface area contributed by atoms with E-state index in [-0.39, 0.29) is 5.97 Å². The molecule has 0 aliphatic heterocycles. The highest BCUT2D eigenvalue weighted by molar-refractivity contribution is 5.89. The lowest BCUT2D eigenvalue weighted by molar-refractivity contribution is 0.0490. The number of nitrogens with zero attached hydrogens (tertiary/aromatic N) is 1. The number of hydrogen-bond acceptors (Lipinski definition) is 2. The topological polar surface area (TPSA) is 31.2 Å². The Labute approximate surface area is 107 Å². The third kappa shape index (κ3) is 2.80. The Balaban J connectivity index is 1.88. The van der Waals surface area contributed by atoms with Crippen LogP contribution in [0.15, 0.2) is 42.5 Å². The van der Waals surface area contributed by atoms with Crippen LogP contribution in [-0.2, 0) is 11.3 Å². The van der Waals surface area contributed by atoms with Crippen molar-refractivity contribution in [3.63, 3.8) is 0 Å². The second-order valence-electron chi connectivity index (χ2n) is 4.27. The van der Waals surface area contributed by atoms with Gasteiger partial charge in [-0.3, -0.25) is 0 Å². The molecule has 0 N–H and O–H groups in total. The van der Waals surface area contributed by atoms with Crippen LogP contribution >= 0.6 is 0 Å². The quantitative estimate of drug-likeness (QED) is 0.773. The number of carbonyl (C=O) groups excluding carboxylic acids is 1. The van der Waals surface area contributed by atoms with Crippen LogP contribution in [0.3, 0.4) is 0 Å². The van der Waals surface area contributed by atoms with E-state index < -0.39 is 0 Å². The summed E-state index contributed by atoms with van der Waals surface area (Å²) in [6, 6.07) is 13.2. The fourth-order valence-electron chi connectivity index (χ4n) is 1.94. The average Bonchev–Trinajstić information content (AvgIpc) is 2.71. The van der Waals surface area contributed by atoms with Gasteiger partial charge in [0.15, 0.2) is 0 Å². The molecule has 0 amide bonds. The summed E-state index contributed by atoms with van der Waals surface area (Å²) in [6.45, 7) is 5.19. The lowest BCUT2D eigenvalue weighted by Gasteiger charge is -2.09. The van der Waals surface area contributed by atoms with Crippen molar-refractivity contribution >= 4 is 5.97 Å². The number of hydrogen-bond donors (Lipinski definition) is 0. The molecule has 1 heterocycles. The van der Waals surface area contributed by atoms with Crippen molar-refractivity contribution in [1.82, 2.24) is 4.57 Å². The number of aryl methyl sites for hydroxylation is 2. The molecule has 3 heteroatoms. The van der Waals surface area contributed by atoms with E-state index in [9.17, 15) is 4.79 Å². The van der Waals surface area contributed by atoms with Gasteiger partial charge < -0.3 is 9.30 Å². The van der Waals surface area contributed by atoms with Crippen molar-refractivity contribution in [3.05, 3.63) is 59.4 Å². The third-order valence-corrected chi connectivity index (χ3v) is 2.97. The lowest BCUT2D eigenvalue weighted by atomic mass is 10.2. The zero-order valence-corrected chi connectivity index (χ0v) is 10.7. The number of esters is 1. The number of benzene rings is 1. The molecule has 0 unspecified atom stereocenters. The molecule has 0 radical (unpaired) electrons. The molecule has 0 atom stereocenters. The summed E-state index contributed by atoms with van der Waals surface area (Å²) in [5.74, 6) is -0.266. The van der Waals surface area contributed by atoms with E-state index in [1.807, 2.05) is 32.0 Å². The van der Waals surface area contributed by atoms with Gasteiger partial charge in [-0.1, -0.05) is 18.2 Å². The molecule has 0 saturated heterocycles. The maximum absolute atomic E-state index is 11.7. The number of rotatable bonds is 4. The molecule has 0 saturated carbocycles.